The first-order chi connectivity index (χ1) is 13.4. The molecule has 8 heteroatoms. The van der Waals surface area contributed by atoms with Gasteiger partial charge >= 0.3 is 0 Å². The van der Waals surface area contributed by atoms with Crippen molar-refractivity contribution in [1.29, 1.82) is 0 Å². The lowest BCUT2D eigenvalue weighted by molar-refractivity contribution is -0.136. The first kappa shape index (κ1) is 18.6. The van der Waals surface area contributed by atoms with E-state index < -0.39 is 23.8 Å². The fraction of sp³-hybridized carbons (Fsp3) is 0.500. The number of benzene rings is 1. The molecule has 28 heavy (non-hydrogen) atoms. The van der Waals surface area contributed by atoms with Crippen molar-refractivity contribution >= 4 is 29.3 Å². The highest BCUT2D eigenvalue weighted by Gasteiger charge is 2.44. The maximum absolute atomic E-state index is 12.9. The highest BCUT2D eigenvalue weighted by molar-refractivity contribution is 6.23. The second-order valence-electron chi connectivity index (χ2n) is 7.86. The van der Waals surface area contributed by atoms with Crippen LogP contribution in [-0.2, 0) is 9.59 Å². The van der Waals surface area contributed by atoms with Gasteiger partial charge < -0.3 is 10.6 Å². The van der Waals surface area contributed by atoms with Gasteiger partial charge in [0.05, 0.1) is 11.1 Å². The molecule has 0 bridgehead atoms. The molecule has 8 nitrogen and oxygen atoms in total. The molecule has 2 atom stereocenters. The van der Waals surface area contributed by atoms with Crippen molar-refractivity contribution in [2.75, 3.05) is 18.0 Å². The summed E-state index contributed by atoms with van der Waals surface area (Å²) in [6, 6.07) is 4.49. The first-order valence-electron chi connectivity index (χ1n) is 9.73. The van der Waals surface area contributed by atoms with Crippen LogP contribution in [0.25, 0.3) is 0 Å². The molecule has 4 rings (SSSR count). The zero-order valence-electron chi connectivity index (χ0n) is 15.8. The zero-order chi connectivity index (χ0) is 20.0. The Morgan fingerprint density at radius 3 is 2.36 bits per heavy atom. The summed E-state index contributed by atoms with van der Waals surface area (Å²) >= 11 is 0. The topological polar surface area (TPSA) is 113 Å². The van der Waals surface area contributed by atoms with Gasteiger partial charge in [-0.15, -0.1) is 0 Å². The number of nitrogens with two attached hydrogens (primary N) is 1. The van der Waals surface area contributed by atoms with Gasteiger partial charge in [0.15, 0.2) is 0 Å². The Balaban J connectivity index is 1.55. The fourth-order valence-electron chi connectivity index (χ4n) is 4.34. The van der Waals surface area contributed by atoms with Crippen LogP contribution in [0.4, 0.5) is 5.69 Å². The quantitative estimate of drug-likeness (QED) is 0.740. The number of carbonyl (C=O) groups is 4. The Kier molecular flexibility index (Phi) is 4.66. The average molecular weight is 384 g/mol. The van der Waals surface area contributed by atoms with E-state index in [-0.39, 0.29) is 24.8 Å². The Morgan fingerprint density at radius 2 is 1.71 bits per heavy atom. The summed E-state index contributed by atoms with van der Waals surface area (Å²) < 4.78 is 0. The van der Waals surface area contributed by atoms with E-state index in [0.29, 0.717) is 17.0 Å². The number of rotatable bonds is 3. The van der Waals surface area contributed by atoms with Crippen LogP contribution in [0.15, 0.2) is 18.2 Å². The molecule has 2 fully saturated rings. The van der Waals surface area contributed by atoms with Crippen LogP contribution in [0.1, 0.15) is 53.3 Å². The van der Waals surface area contributed by atoms with Crippen LogP contribution in [0.5, 0.6) is 0 Å². The lowest BCUT2D eigenvalue weighted by Gasteiger charge is -2.35. The van der Waals surface area contributed by atoms with Gasteiger partial charge in [0.25, 0.3) is 11.8 Å². The van der Waals surface area contributed by atoms with Gasteiger partial charge in [-0.1, -0.05) is 0 Å². The molecule has 1 unspecified atom stereocenters. The summed E-state index contributed by atoms with van der Waals surface area (Å²) in [6.45, 7) is 3.73. The van der Waals surface area contributed by atoms with Crippen molar-refractivity contribution in [1.82, 2.24) is 10.2 Å². The molecule has 1 aromatic carbocycles. The zero-order valence-corrected chi connectivity index (χ0v) is 15.8. The van der Waals surface area contributed by atoms with Gasteiger partial charge in [0, 0.05) is 31.2 Å². The third kappa shape index (κ3) is 3.07. The minimum absolute atomic E-state index is 0.115. The molecular formula is C20H24N4O4. The van der Waals surface area contributed by atoms with Gasteiger partial charge in [0.2, 0.25) is 11.8 Å². The molecule has 0 saturated carbocycles. The van der Waals surface area contributed by atoms with E-state index in [9.17, 15) is 19.2 Å². The lowest BCUT2D eigenvalue weighted by Crippen LogP contribution is -2.54. The molecule has 4 amide bonds. The molecule has 3 aliphatic rings. The van der Waals surface area contributed by atoms with E-state index in [4.69, 9.17) is 5.73 Å². The molecule has 148 valence electrons. The van der Waals surface area contributed by atoms with Gasteiger partial charge in [-0.3, -0.25) is 29.4 Å². The predicted octanol–water partition coefficient (Wildman–Crippen LogP) is 0.651. The first-order valence-corrected chi connectivity index (χ1v) is 9.73. The third-order valence-electron chi connectivity index (χ3n) is 6.07. The number of nitrogens with one attached hydrogen (secondary N) is 1. The van der Waals surface area contributed by atoms with Crippen LogP contribution in [-0.4, -0.2) is 53.7 Å². The van der Waals surface area contributed by atoms with Crippen LogP contribution < -0.4 is 16.0 Å². The smallest absolute Gasteiger partial charge is 0.262 e. The van der Waals surface area contributed by atoms with Crippen molar-refractivity contribution in [2.24, 2.45) is 11.7 Å². The van der Waals surface area contributed by atoms with Crippen LogP contribution in [0.3, 0.4) is 0 Å². The molecule has 1 aromatic rings. The second kappa shape index (κ2) is 7.01. The van der Waals surface area contributed by atoms with Crippen molar-refractivity contribution < 1.29 is 19.2 Å². The maximum Gasteiger partial charge on any atom is 0.262 e. The Labute approximate surface area is 163 Å². The van der Waals surface area contributed by atoms with Gasteiger partial charge in [-0.2, -0.15) is 0 Å². The number of piperidine rings is 2. The van der Waals surface area contributed by atoms with Crippen LogP contribution in [0.2, 0.25) is 0 Å². The number of hydrogen-bond acceptors (Lipinski definition) is 6. The second-order valence-corrected chi connectivity index (χ2v) is 7.86. The van der Waals surface area contributed by atoms with E-state index in [1.165, 1.54) is 0 Å². The lowest BCUT2D eigenvalue weighted by atomic mass is 9.90. The minimum atomic E-state index is -0.935. The molecule has 3 N–H and O–H groups in total. The van der Waals surface area contributed by atoms with Gasteiger partial charge in [-0.25, -0.2) is 0 Å². The number of hydrogen-bond donors (Lipinski definition) is 2. The molecule has 3 aliphatic heterocycles. The van der Waals surface area contributed by atoms with E-state index in [1.54, 1.807) is 12.1 Å². The Bertz CT molecular complexity index is 858. The Morgan fingerprint density at radius 1 is 1.04 bits per heavy atom. The van der Waals surface area contributed by atoms with Crippen molar-refractivity contribution in [2.45, 2.75) is 44.7 Å². The van der Waals surface area contributed by atoms with E-state index in [0.717, 1.165) is 36.5 Å². The summed E-state index contributed by atoms with van der Waals surface area (Å²) in [5.74, 6) is -1.42. The fourth-order valence-corrected chi connectivity index (χ4v) is 4.34. The summed E-state index contributed by atoms with van der Waals surface area (Å²) in [6.07, 6.45) is 2.26. The largest absolute Gasteiger partial charge is 0.371 e. The molecule has 2 saturated heterocycles. The van der Waals surface area contributed by atoms with E-state index in [1.807, 2.05) is 13.0 Å². The van der Waals surface area contributed by atoms with E-state index >= 15 is 0 Å². The average Bonchev–Trinajstić information content (AvgIpc) is 2.92. The monoisotopic (exact) mass is 384 g/mol. The van der Waals surface area contributed by atoms with Crippen molar-refractivity contribution in [3.63, 3.8) is 0 Å². The molecule has 0 radical (unpaired) electrons. The van der Waals surface area contributed by atoms with Crippen LogP contribution in [0, 0.1) is 5.92 Å². The highest BCUT2D eigenvalue weighted by atomic mass is 16.2. The summed E-state index contributed by atoms with van der Waals surface area (Å²) in [5, 5.41) is 2.21. The summed E-state index contributed by atoms with van der Waals surface area (Å²) in [4.78, 5) is 52.4. The predicted molar refractivity (Wildman–Crippen MR) is 102 cm³/mol. The molecular weight excluding hydrogens is 360 g/mol. The SMILES string of the molecule is C[C@H](N)C1CCN(c2ccc3c(c2)C(=O)N(C2CCC(=O)NC2=O)C3=O)CC1. The van der Waals surface area contributed by atoms with Gasteiger partial charge in [0.1, 0.15) is 6.04 Å². The number of amides is 4. The van der Waals surface area contributed by atoms with Crippen LogP contribution >= 0.6 is 0 Å². The molecule has 0 aliphatic carbocycles. The molecule has 0 aromatic heterocycles. The molecule has 0 spiro atoms. The van der Waals surface area contributed by atoms with E-state index in [2.05, 4.69) is 10.2 Å². The Hall–Kier alpha value is -2.74. The number of carbonyl (C=O) groups excluding carboxylic acids is 4. The number of anilines is 1. The summed E-state index contributed by atoms with van der Waals surface area (Å²) in [5.41, 5.74) is 7.53. The standard InChI is InChI=1S/C20H24N4O4/c1-11(21)12-6-8-23(9-7-12)13-2-3-14-15(10-13)20(28)24(19(14)27)16-4-5-17(25)22-18(16)26/h2-3,10-12,16H,4-9,21H2,1H3,(H,22,25,26)/t11-,16?/m0/s1. The number of imide groups is 2. The normalized spacial score (nSPS) is 24.4. The third-order valence-corrected chi connectivity index (χ3v) is 6.07. The summed E-state index contributed by atoms with van der Waals surface area (Å²) in [7, 11) is 0. The number of nitrogens with zero attached hydrogens (tertiary/aromatic N) is 2. The van der Waals surface area contributed by atoms with Gasteiger partial charge in [-0.05, 0) is 50.3 Å². The highest BCUT2D eigenvalue weighted by Crippen LogP contribution is 2.32. The van der Waals surface area contributed by atoms with Crippen molar-refractivity contribution in [3.8, 4) is 0 Å². The molecule has 3 heterocycles. The number of fused-ring (bicyclic) bond motifs is 1. The minimum Gasteiger partial charge on any atom is -0.371 e. The van der Waals surface area contributed by atoms with Crippen molar-refractivity contribution in [3.05, 3.63) is 29.3 Å². The maximum atomic E-state index is 12.9.